The third-order valence-electron chi connectivity index (χ3n) is 3.38. The summed E-state index contributed by atoms with van der Waals surface area (Å²) in [5.74, 6) is 0.893. The fourth-order valence-electron chi connectivity index (χ4n) is 1.92. The fourth-order valence-corrected chi connectivity index (χ4v) is 1.92. The van der Waals surface area contributed by atoms with E-state index < -0.39 is 0 Å². The van der Waals surface area contributed by atoms with E-state index in [4.69, 9.17) is 15.0 Å². The zero-order valence-electron chi connectivity index (χ0n) is 10.8. The maximum absolute atomic E-state index is 5.99. The summed E-state index contributed by atoms with van der Waals surface area (Å²) in [7, 11) is 1.82. The number of aromatic nitrogens is 4. The Morgan fingerprint density at radius 3 is 3.05 bits per heavy atom. The van der Waals surface area contributed by atoms with E-state index in [1.165, 1.54) is 6.42 Å². The van der Waals surface area contributed by atoms with E-state index >= 15 is 0 Å². The van der Waals surface area contributed by atoms with Gasteiger partial charge in [-0.2, -0.15) is 10.1 Å². The standard InChI is InChI=1S/C12H17N5O2/c1-17-10(5-6-14-17)12-15-11(16-19-12)9(13)7-18-8-3-2-4-8/h5-6,8-9H,2-4,7,13H2,1H3. The van der Waals surface area contributed by atoms with Crippen LogP contribution in [-0.4, -0.2) is 32.6 Å². The van der Waals surface area contributed by atoms with Crippen molar-refractivity contribution in [3.8, 4) is 11.6 Å². The quantitative estimate of drug-likeness (QED) is 0.866. The first-order valence-electron chi connectivity index (χ1n) is 6.43. The molecule has 1 fully saturated rings. The zero-order valence-corrected chi connectivity index (χ0v) is 10.8. The van der Waals surface area contributed by atoms with Crippen molar-refractivity contribution in [1.82, 2.24) is 19.9 Å². The smallest absolute Gasteiger partial charge is 0.276 e. The Morgan fingerprint density at radius 2 is 2.42 bits per heavy atom. The minimum Gasteiger partial charge on any atom is -0.376 e. The van der Waals surface area contributed by atoms with Gasteiger partial charge in [0.05, 0.1) is 18.8 Å². The molecule has 3 rings (SSSR count). The van der Waals surface area contributed by atoms with E-state index in [1.54, 1.807) is 10.9 Å². The van der Waals surface area contributed by atoms with Gasteiger partial charge in [0, 0.05) is 13.2 Å². The maximum Gasteiger partial charge on any atom is 0.276 e. The second-order valence-corrected chi connectivity index (χ2v) is 4.79. The summed E-state index contributed by atoms with van der Waals surface area (Å²) in [5, 5.41) is 7.96. The van der Waals surface area contributed by atoms with Gasteiger partial charge in [0.25, 0.3) is 5.89 Å². The number of ether oxygens (including phenoxy) is 1. The maximum atomic E-state index is 5.99. The van der Waals surface area contributed by atoms with Gasteiger partial charge in [0.15, 0.2) is 5.82 Å². The molecule has 1 aliphatic carbocycles. The molecule has 2 aromatic heterocycles. The highest BCUT2D eigenvalue weighted by Gasteiger charge is 2.22. The topological polar surface area (TPSA) is 92.0 Å². The Morgan fingerprint density at radius 1 is 1.58 bits per heavy atom. The summed E-state index contributed by atoms with van der Waals surface area (Å²) >= 11 is 0. The molecular weight excluding hydrogens is 246 g/mol. The molecule has 0 amide bonds. The Labute approximate surface area is 110 Å². The molecule has 0 aromatic carbocycles. The summed E-state index contributed by atoms with van der Waals surface area (Å²) in [6.45, 7) is 0.426. The average molecular weight is 263 g/mol. The summed E-state index contributed by atoms with van der Waals surface area (Å²) in [5.41, 5.74) is 6.76. The SMILES string of the molecule is Cn1nccc1-c1nc(C(N)COC2CCC2)no1. The van der Waals surface area contributed by atoms with Crippen LogP contribution in [0.1, 0.15) is 31.1 Å². The molecule has 102 valence electrons. The Balaban J connectivity index is 1.65. The lowest BCUT2D eigenvalue weighted by molar-refractivity contribution is -0.00549. The second-order valence-electron chi connectivity index (χ2n) is 4.79. The summed E-state index contributed by atoms with van der Waals surface area (Å²) < 4.78 is 12.5. The molecule has 2 heterocycles. The summed E-state index contributed by atoms with van der Waals surface area (Å²) in [6, 6.07) is 1.46. The number of hydrogen-bond donors (Lipinski definition) is 1. The number of nitrogens with two attached hydrogens (primary N) is 1. The van der Waals surface area contributed by atoms with Gasteiger partial charge in [-0.15, -0.1) is 0 Å². The van der Waals surface area contributed by atoms with Crippen molar-refractivity contribution in [3.63, 3.8) is 0 Å². The van der Waals surface area contributed by atoms with Crippen LogP contribution in [0.15, 0.2) is 16.8 Å². The molecule has 1 aliphatic rings. The van der Waals surface area contributed by atoms with Gasteiger partial charge in [0.1, 0.15) is 5.69 Å². The van der Waals surface area contributed by atoms with Crippen LogP contribution in [0.4, 0.5) is 0 Å². The highest BCUT2D eigenvalue weighted by molar-refractivity contribution is 5.45. The molecule has 0 aliphatic heterocycles. The van der Waals surface area contributed by atoms with Crippen molar-refractivity contribution in [1.29, 1.82) is 0 Å². The predicted molar refractivity (Wildman–Crippen MR) is 67.0 cm³/mol. The van der Waals surface area contributed by atoms with Gasteiger partial charge in [-0.05, 0) is 25.3 Å². The third kappa shape index (κ3) is 2.52. The molecule has 7 nitrogen and oxygen atoms in total. The first kappa shape index (κ1) is 12.3. The predicted octanol–water partition coefficient (Wildman–Crippen LogP) is 1.04. The Hall–Kier alpha value is -1.73. The molecule has 0 spiro atoms. The monoisotopic (exact) mass is 263 g/mol. The van der Waals surface area contributed by atoms with Crippen molar-refractivity contribution >= 4 is 0 Å². The van der Waals surface area contributed by atoms with Gasteiger partial charge in [0.2, 0.25) is 0 Å². The molecule has 2 aromatic rings. The number of rotatable bonds is 5. The van der Waals surface area contributed by atoms with Crippen molar-refractivity contribution in [2.75, 3.05) is 6.61 Å². The van der Waals surface area contributed by atoms with Crippen LogP contribution < -0.4 is 5.73 Å². The highest BCUT2D eigenvalue weighted by atomic mass is 16.5. The molecule has 0 saturated heterocycles. The van der Waals surface area contributed by atoms with Crippen molar-refractivity contribution in [2.24, 2.45) is 12.8 Å². The Kier molecular flexibility index (Phi) is 3.31. The number of hydrogen-bond acceptors (Lipinski definition) is 6. The van der Waals surface area contributed by atoms with Gasteiger partial charge in [-0.3, -0.25) is 4.68 Å². The van der Waals surface area contributed by atoms with E-state index in [1.807, 2.05) is 13.1 Å². The molecule has 0 radical (unpaired) electrons. The normalized spacial score (nSPS) is 17.4. The van der Waals surface area contributed by atoms with Crippen LogP contribution in [0.5, 0.6) is 0 Å². The van der Waals surface area contributed by atoms with Crippen molar-refractivity contribution < 1.29 is 9.26 Å². The van der Waals surface area contributed by atoms with Gasteiger partial charge < -0.3 is 15.0 Å². The number of nitrogens with zero attached hydrogens (tertiary/aromatic N) is 4. The average Bonchev–Trinajstić information content (AvgIpc) is 2.94. The van der Waals surface area contributed by atoms with Crippen molar-refractivity contribution in [2.45, 2.75) is 31.4 Å². The lowest BCUT2D eigenvalue weighted by Crippen LogP contribution is -2.27. The molecule has 0 bridgehead atoms. The first-order chi connectivity index (χ1) is 9.24. The molecule has 19 heavy (non-hydrogen) atoms. The molecule has 1 saturated carbocycles. The van der Waals surface area contributed by atoms with Crippen molar-refractivity contribution in [3.05, 3.63) is 18.1 Å². The van der Waals surface area contributed by atoms with E-state index in [0.29, 0.717) is 24.4 Å². The van der Waals surface area contributed by atoms with Gasteiger partial charge >= 0.3 is 0 Å². The Bertz CT molecular complexity index is 546. The lowest BCUT2D eigenvalue weighted by Gasteiger charge is -2.26. The minimum atomic E-state index is -0.355. The van der Waals surface area contributed by atoms with Crippen LogP contribution in [0, 0.1) is 0 Å². The largest absolute Gasteiger partial charge is 0.376 e. The van der Waals surface area contributed by atoms with E-state index in [2.05, 4.69) is 15.2 Å². The minimum absolute atomic E-state index is 0.355. The van der Waals surface area contributed by atoms with E-state index in [0.717, 1.165) is 18.5 Å². The summed E-state index contributed by atoms with van der Waals surface area (Å²) in [6.07, 6.45) is 5.53. The highest BCUT2D eigenvalue weighted by Crippen LogP contribution is 2.23. The molecule has 1 atom stereocenters. The second kappa shape index (κ2) is 5.10. The van der Waals surface area contributed by atoms with Crippen LogP contribution >= 0.6 is 0 Å². The van der Waals surface area contributed by atoms with Gasteiger partial charge in [-0.1, -0.05) is 5.16 Å². The van der Waals surface area contributed by atoms with Crippen LogP contribution in [-0.2, 0) is 11.8 Å². The van der Waals surface area contributed by atoms with E-state index in [9.17, 15) is 0 Å². The van der Waals surface area contributed by atoms with Gasteiger partial charge in [-0.25, -0.2) is 0 Å². The zero-order chi connectivity index (χ0) is 13.2. The van der Waals surface area contributed by atoms with Crippen LogP contribution in [0.25, 0.3) is 11.6 Å². The molecular formula is C12H17N5O2. The van der Waals surface area contributed by atoms with Crippen LogP contribution in [0.2, 0.25) is 0 Å². The molecule has 7 heteroatoms. The van der Waals surface area contributed by atoms with E-state index in [-0.39, 0.29) is 6.04 Å². The van der Waals surface area contributed by atoms with Crippen LogP contribution in [0.3, 0.4) is 0 Å². The first-order valence-corrected chi connectivity index (χ1v) is 6.43. The fraction of sp³-hybridized carbons (Fsp3) is 0.583. The third-order valence-corrected chi connectivity index (χ3v) is 3.38. The lowest BCUT2D eigenvalue weighted by atomic mass is 9.96. The molecule has 1 unspecified atom stereocenters. The molecule has 2 N–H and O–H groups in total. The summed E-state index contributed by atoms with van der Waals surface area (Å²) in [4.78, 5) is 4.29. The number of aryl methyl sites for hydroxylation is 1.